The minimum Gasteiger partial charge on any atom is -0.465 e. The average Bonchev–Trinajstić information content (AvgIpc) is 2.47. The Hall–Kier alpha value is -1.68. The van der Waals surface area contributed by atoms with Crippen molar-refractivity contribution in [2.45, 2.75) is 40.2 Å². The number of carbonyl (C=O) groups excluding carboxylic acids is 2. The summed E-state index contributed by atoms with van der Waals surface area (Å²) in [4.78, 5) is 25.2. The molecule has 0 N–H and O–H groups in total. The van der Waals surface area contributed by atoms with E-state index in [1.165, 1.54) is 0 Å². The second-order valence-corrected chi connectivity index (χ2v) is 6.58. The van der Waals surface area contributed by atoms with Crippen LogP contribution in [-0.2, 0) is 25.5 Å². The molecule has 0 amide bonds. The highest BCUT2D eigenvalue weighted by atomic mass is 16.5. The van der Waals surface area contributed by atoms with Crippen molar-refractivity contribution in [1.82, 2.24) is 0 Å². The van der Waals surface area contributed by atoms with Gasteiger partial charge in [-0.3, -0.25) is 9.59 Å². The van der Waals surface area contributed by atoms with Crippen LogP contribution in [-0.4, -0.2) is 25.0 Å². The largest absolute Gasteiger partial charge is 0.465 e. The first-order valence-corrected chi connectivity index (χ1v) is 7.76. The number of ether oxygens (including phenoxy) is 2. The molecule has 1 aromatic carbocycles. The highest BCUT2D eigenvalue weighted by molar-refractivity contribution is 6.02. The van der Waals surface area contributed by atoms with Crippen LogP contribution in [0.25, 0.3) is 0 Å². The molecule has 4 heteroatoms. The van der Waals surface area contributed by atoms with Gasteiger partial charge in [-0.2, -0.15) is 0 Å². The van der Waals surface area contributed by atoms with Crippen LogP contribution in [0.2, 0.25) is 0 Å². The Morgan fingerprint density at radius 3 is 2.64 bits per heavy atom. The first-order valence-electron chi connectivity index (χ1n) is 7.76. The van der Waals surface area contributed by atoms with Crippen molar-refractivity contribution in [3.63, 3.8) is 0 Å². The Balaban J connectivity index is 2.42. The molecule has 2 unspecified atom stereocenters. The second-order valence-electron chi connectivity index (χ2n) is 6.58. The second kappa shape index (κ2) is 6.61. The first-order chi connectivity index (χ1) is 10.4. The van der Waals surface area contributed by atoms with E-state index in [4.69, 9.17) is 9.47 Å². The summed E-state index contributed by atoms with van der Waals surface area (Å²) in [5.41, 5.74) is 1.42. The monoisotopic (exact) mass is 304 g/mol. The van der Waals surface area contributed by atoms with Crippen LogP contribution in [0.1, 0.15) is 44.9 Å². The van der Waals surface area contributed by atoms with Crippen LogP contribution in [0.3, 0.4) is 0 Å². The Kier molecular flexibility index (Phi) is 5.01. The van der Waals surface area contributed by atoms with Crippen LogP contribution < -0.4 is 0 Å². The molecule has 1 heterocycles. The fraction of sp³-hybridized carbons (Fsp3) is 0.556. The summed E-state index contributed by atoms with van der Waals surface area (Å²) < 4.78 is 11.0. The third-order valence-electron chi connectivity index (χ3n) is 3.90. The fourth-order valence-electron chi connectivity index (χ4n) is 2.77. The number of carbonyl (C=O) groups is 2. The van der Waals surface area contributed by atoms with E-state index in [1.807, 2.05) is 45.0 Å². The number of ketones is 1. The number of hydrogen-bond donors (Lipinski definition) is 0. The first kappa shape index (κ1) is 16.7. The van der Waals surface area contributed by atoms with Gasteiger partial charge in [0.1, 0.15) is 12.0 Å². The smallest absolute Gasteiger partial charge is 0.319 e. The van der Waals surface area contributed by atoms with Gasteiger partial charge in [0.25, 0.3) is 0 Å². The van der Waals surface area contributed by atoms with E-state index in [0.29, 0.717) is 6.61 Å². The number of fused-ring (bicyclic) bond motifs is 1. The van der Waals surface area contributed by atoms with Gasteiger partial charge in [-0.05, 0) is 24.5 Å². The van der Waals surface area contributed by atoms with Crippen molar-refractivity contribution in [3.8, 4) is 0 Å². The molecule has 22 heavy (non-hydrogen) atoms. The minimum atomic E-state index is -0.915. The molecule has 0 fully saturated rings. The van der Waals surface area contributed by atoms with Crippen LogP contribution in [0.4, 0.5) is 0 Å². The highest BCUT2D eigenvalue weighted by Gasteiger charge is 2.43. The molecule has 0 saturated heterocycles. The van der Waals surface area contributed by atoms with Crippen molar-refractivity contribution < 1.29 is 19.1 Å². The van der Waals surface area contributed by atoms with E-state index >= 15 is 0 Å². The molecule has 1 aliphatic heterocycles. The third-order valence-corrected chi connectivity index (χ3v) is 3.90. The molecule has 1 aromatic rings. The summed E-state index contributed by atoms with van der Waals surface area (Å²) in [6.45, 7) is 7.95. The van der Waals surface area contributed by atoms with E-state index in [9.17, 15) is 9.59 Å². The molecular formula is C18H24O4. The van der Waals surface area contributed by atoms with Gasteiger partial charge in [0.2, 0.25) is 0 Å². The maximum atomic E-state index is 12.8. The molecule has 4 nitrogen and oxygen atoms in total. The predicted octanol–water partition coefficient (Wildman–Crippen LogP) is 3.09. The molecule has 1 aliphatic rings. The molecule has 0 radical (unpaired) electrons. The standard InChI is InChI=1S/C18H24O4/c1-5-21-17(20)14(16(19)18(2,3)4)15-13-9-7-6-8-12(13)10-11-22-15/h6-9,14-15H,5,10-11H2,1-4H3. The molecular weight excluding hydrogens is 280 g/mol. The van der Waals surface area contributed by atoms with Gasteiger partial charge in [0.05, 0.1) is 13.2 Å². The van der Waals surface area contributed by atoms with Gasteiger partial charge in [-0.15, -0.1) is 0 Å². The van der Waals surface area contributed by atoms with E-state index in [-0.39, 0.29) is 12.4 Å². The zero-order chi connectivity index (χ0) is 16.3. The summed E-state index contributed by atoms with van der Waals surface area (Å²) in [5, 5.41) is 0. The summed E-state index contributed by atoms with van der Waals surface area (Å²) in [6.07, 6.45) is 0.238. The Bertz CT molecular complexity index is 556. The summed E-state index contributed by atoms with van der Waals surface area (Å²) in [5.74, 6) is -1.56. The van der Waals surface area contributed by atoms with Gasteiger partial charge in [0.15, 0.2) is 5.78 Å². The lowest BCUT2D eigenvalue weighted by Crippen LogP contribution is -2.40. The van der Waals surface area contributed by atoms with Gasteiger partial charge in [-0.25, -0.2) is 0 Å². The van der Waals surface area contributed by atoms with Crippen molar-refractivity contribution >= 4 is 11.8 Å². The van der Waals surface area contributed by atoms with Gasteiger partial charge in [-0.1, -0.05) is 45.0 Å². The van der Waals surface area contributed by atoms with Gasteiger partial charge >= 0.3 is 5.97 Å². The molecule has 2 atom stereocenters. The van der Waals surface area contributed by atoms with Crippen LogP contribution >= 0.6 is 0 Å². The summed E-state index contributed by atoms with van der Waals surface area (Å²) >= 11 is 0. The minimum absolute atomic E-state index is 0.146. The van der Waals surface area contributed by atoms with Gasteiger partial charge < -0.3 is 9.47 Å². The summed E-state index contributed by atoms with van der Waals surface area (Å²) in [7, 11) is 0. The molecule has 0 aromatic heterocycles. The quantitative estimate of drug-likeness (QED) is 0.633. The molecule has 0 bridgehead atoms. The number of esters is 1. The van der Waals surface area contributed by atoms with E-state index in [2.05, 4.69) is 0 Å². The molecule has 0 spiro atoms. The van der Waals surface area contributed by atoms with Crippen LogP contribution in [0, 0.1) is 11.3 Å². The predicted molar refractivity (Wildman–Crippen MR) is 83.4 cm³/mol. The van der Waals surface area contributed by atoms with Gasteiger partial charge in [0, 0.05) is 5.41 Å². The maximum absolute atomic E-state index is 12.8. The Labute approximate surface area is 131 Å². The molecule has 0 saturated carbocycles. The number of hydrogen-bond acceptors (Lipinski definition) is 4. The van der Waals surface area contributed by atoms with E-state index < -0.39 is 23.4 Å². The van der Waals surface area contributed by atoms with Crippen molar-refractivity contribution in [1.29, 1.82) is 0 Å². The van der Waals surface area contributed by atoms with Crippen molar-refractivity contribution in [3.05, 3.63) is 35.4 Å². The zero-order valence-electron chi connectivity index (χ0n) is 13.7. The van der Waals surface area contributed by atoms with E-state index in [0.717, 1.165) is 17.5 Å². The third kappa shape index (κ3) is 3.38. The lowest BCUT2D eigenvalue weighted by Gasteiger charge is -2.33. The highest BCUT2D eigenvalue weighted by Crippen LogP contribution is 2.37. The number of benzene rings is 1. The Morgan fingerprint density at radius 2 is 2.00 bits per heavy atom. The van der Waals surface area contributed by atoms with E-state index in [1.54, 1.807) is 6.92 Å². The fourth-order valence-corrected chi connectivity index (χ4v) is 2.77. The zero-order valence-corrected chi connectivity index (χ0v) is 13.7. The van der Waals surface area contributed by atoms with Crippen LogP contribution in [0.5, 0.6) is 0 Å². The molecule has 2 rings (SSSR count). The lowest BCUT2D eigenvalue weighted by molar-refractivity contribution is -0.161. The normalized spacial score (nSPS) is 19.2. The summed E-state index contributed by atoms with van der Waals surface area (Å²) in [6, 6.07) is 7.83. The topological polar surface area (TPSA) is 52.6 Å². The van der Waals surface area contributed by atoms with Crippen molar-refractivity contribution in [2.24, 2.45) is 11.3 Å². The number of Topliss-reactive ketones (excluding diaryl/α,β-unsaturated/α-hetero) is 1. The maximum Gasteiger partial charge on any atom is 0.319 e. The molecule has 0 aliphatic carbocycles. The lowest BCUT2D eigenvalue weighted by atomic mass is 9.77. The van der Waals surface area contributed by atoms with Crippen LogP contribution in [0.15, 0.2) is 24.3 Å². The average molecular weight is 304 g/mol. The number of rotatable bonds is 4. The Morgan fingerprint density at radius 1 is 1.32 bits per heavy atom. The SMILES string of the molecule is CCOC(=O)C(C(=O)C(C)(C)C)C1OCCc2ccccc21. The molecule has 120 valence electrons. The van der Waals surface area contributed by atoms with Crippen molar-refractivity contribution in [2.75, 3.05) is 13.2 Å².